The zero-order valence-corrected chi connectivity index (χ0v) is 28.6. The number of hydrogen-bond donors (Lipinski definition) is 3. The molecule has 0 bridgehead atoms. The summed E-state index contributed by atoms with van der Waals surface area (Å²) in [6.45, 7) is 5.49. The van der Waals surface area contributed by atoms with Gasteiger partial charge in [0.2, 0.25) is 11.8 Å². The van der Waals surface area contributed by atoms with Crippen molar-refractivity contribution in [3.8, 4) is 6.07 Å². The molecule has 2 amide bonds. The molecule has 1 unspecified atom stereocenters. The van der Waals surface area contributed by atoms with Crippen LogP contribution >= 0.6 is 11.8 Å². The summed E-state index contributed by atoms with van der Waals surface area (Å²) < 4.78 is 1.92. The lowest BCUT2D eigenvalue weighted by molar-refractivity contribution is -0.142. The van der Waals surface area contributed by atoms with Crippen molar-refractivity contribution >= 4 is 40.3 Å². The van der Waals surface area contributed by atoms with Gasteiger partial charge in [-0.2, -0.15) is 17.0 Å². The Kier molecular flexibility index (Phi) is 13.6. The van der Waals surface area contributed by atoms with E-state index in [1.54, 1.807) is 24.7 Å². The number of carboxylic acids is 1. The van der Waals surface area contributed by atoms with Gasteiger partial charge in [-0.1, -0.05) is 74.9 Å². The number of nitriles is 1. The second-order valence-electron chi connectivity index (χ2n) is 12.1. The fourth-order valence-corrected chi connectivity index (χ4v) is 6.14. The fraction of sp³-hybridized carbons (Fsp3) is 0.378. The van der Waals surface area contributed by atoms with E-state index in [4.69, 9.17) is 5.26 Å². The third-order valence-corrected chi connectivity index (χ3v) is 9.24. The molecule has 0 aliphatic rings. The van der Waals surface area contributed by atoms with Crippen molar-refractivity contribution in [2.24, 2.45) is 5.92 Å². The van der Waals surface area contributed by atoms with Gasteiger partial charge in [0.15, 0.2) is 0 Å². The molecule has 0 aliphatic carbocycles. The third kappa shape index (κ3) is 10.4. The maximum absolute atomic E-state index is 13.5. The van der Waals surface area contributed by atoms with Crippen molar-refractivity contribution in [2.45, 2.75) is 58.3 Å². The lowest BCUT2D eigenvalue weighted by Crippen LogP contribution is -2.51. The van der Waals surface area contributed by atoms with Crippen LogP contribution in [0.1, 0.15) is 49.1 Å². The quantitative estimate of drug-likeness (QED) is 0.137. The second kappa shape index (κ2) is 18.0. The molecule has 0 saturated heterocycles. The summed E-state index contributed by atoms with van der Waals surface area (Å²) in [6, 6.07) is 22.4. The zero-order chi connectivity index (χ0) is 34.5. The first-order valence-electron chi connectivity index (χ1n) is 16.2. The second-order valence-corrected chi connectivity index (χ2v) is 13.1. The molecule has 4 rings (SSSR count). The van der Waals surface area contributed by atoms with Crippen LogP contribution in [0.4, 0.5) is 0 Å². The largest absolute Gasteiger partial charge is 0.480 e. The summed E-state index contributed by atoms with van der Waals surface area (Å²) in [5.41, 5.74) is 3.38. The fourth-order valence-electron chi connectivity index (χ4n) is 5.66. The number of nitrogens with one attached hydrogen (secondary N) is 2. The topological polar surface area (TPSA) is 140 Å². The Bertz CT molecular complexity index is 1710. The molecule has 252 valence electrons. The normalized spacial score (nSPS) is 13.1. The molecule has 0 saturated carbocycles. The van der Waals surface area contributed by atoms with Gasteiger partial charge in [0.05, 0.1) is 30.9 Å². The number of nitrogens with zero attached hydrogens (tertiary/aromatic N) is 4. The van der Waals surface area contributed by atoms with Gasteiger partial charge in [0.1, 0.15) is 6.04 Å². The van der Waals surface area contributed by atoms with Crippen LogP contribution in [0.15, 0.2) is 79.3 Å². The van der Waals surface area contributed by atoms with Gasteiger partial charge >= 0.3 is 5.97 Å². The Morgan fingerprint density at radius 2 is 1.79 bits per heavy atom. The maximum Gasteiger partial charge on any atom is 0.326 e. The number of amides is 2. The van der Waals surface area contributed by atoms with Crippen molar-refractivity contribution in [3.05, 3.63) is 102 Å². The van der Waals surface area contributed by atoms with Crippen LogP contribution in [0.2, 0.25) is 0 Å². The maximum atomic E-state index is 13.5. The lowest BCUT2D eigenvalue weighted by atomic mass is 9.97. The van der Waals surface area contributed by atoms with Crippen LogP contribution in [-0.2, 0) is 33.9 Å². The number of imidazole rings is 1. The average Bonchev–Trinajstić information content (AvgIpc) is 3.51. The minimum absolute atomic E-state index is 0.0214. The summed E-state index contributed by atoms with van der Waals surface area (Å²) in [5.74, 6) is -0.861. The molecule has 0 fully saturated rings. The molecule has 48 heavy (non-hydrogen) atoms. The van der Waals surface area contributed by atoms with Crippen molar-refractivity contribution in [1.29, 1.82) is 5.26 Å². The van der Waals surface area contributed by atoms with Crippen LogP contribution in [0, 0.1) is 17.2 Å². The van der Waals surface area contributed by atoms with Gasteiger partial charge in [-0.15, -0.1) is 0 Å². The van der Waals surface area contributed by atoms with Gasteiger partial charge < -0.3 is 20.3 Å². The van der Waals surface area contributed by atoms with E-state index >= 15 is 0 Å². The molecule has 11 heteroatoms. The number of aliphatic carboxylic acids is 1. The highest BCUT2D eigenvalue weighted by atomic mass is 32.2. The molecule has 0 spiro atoms. The molecule has 10 nitrogen and oxygen atoms in total. The number of thioether (sulfide) groups is 1. The van der Waals surface area contributed by atoms with E-state index in [9.17, 15) is 19.5 Å². The molecular formula is C37H44N6O4S. The monoisotopic (exact) mass is 668 g/mol. The number of carbonyl (C=O) groups is 3. The Morgan fingerprint density at radius 3 is 2.50 bits per heavy atom. The smallest absolute Gasteiger partial charge is 0.326 e. The van der Waals surface area contributed by atoms with Gasteiger partial charge in [0.25, 0.3) is 0 Å². The highest BCUT2D eigenvalue weighted by Gasteiger charge is 2.26. The van der Waals surface area contributed by atoms with E-state index in [2.05, 4.69) is 41.6 Å². The molecule has 0 aliphatic heterocycles. The Hall–Kier alpha value is -4.66. The first kappa shape index (κ1) is 36.2. The summed E-state index contributed by atoms with van der Waals surface area (Å²) in [6.07, 6.45) is 6.56. The van der Waals surface area contributed by atoms with Gasteiger partial charge in [0, 0.05) is 37.6 Å². The van der Waals surface area contributed by atoms with Crippen LogP contribution in [0.3, 0.4) is 0 Å². The standard InChI is InChI=1S/C37H44N6O4S/c1-4-26(2)34(41-35(44)18-31-20-39-25-43(31)21-28-14-12-27(19-38)13-15-28)23-42(24-36(45)40-33(37(46)47)16-17-48-3)22-30-10-7-9-29-8-5-6-11-32(29)30/h5-15,20,25-26,33-34H,4,16-18,21-24H2,1-3H3,(H,40,45)(H,41,44)(H,46,47)/t26?,33-,34+/m0/s1. The Balaban J connectivity index is 1.51. The minimum atomic E-state index is -1.05. The van der Waals surface area contributed by atoms with Crippen molar-refractivity contribution in [2.75, 3.05) is 25.1 Å². The molecule has 1 heterocycles. The van der Waals surface area contributed by atoms with E-state index in [-0.39, 0.29) is 36.7 Å². The van der Waals surface area contributed by atoms with Crippen LogP contribution in [0.25, 0.3) is 10.8 Å². The van der Waals surface area contributed by atoms with E-state index in [1.165, 1.54) is 11.8 Å². The van der Waals surface area contributed by atoms with Gasteiger partial charge in [-0.3, -0.25) is 14.5 Å². The zero-order valence-electron chi connectivity index (χ0n) is 27.8. The lowest BCUT2D eigenvalue weighted by Gasteiger charge is -2.31. The summed E-state index contributed by atoms with van der Waals surface area (Å²) >= 11 is 1.53. The van der Waals surface area contributed by atoms with E-state index in [1.807, 2.05) is 64.3 Å². The van der Waals surface area contributed by atoms with Crippen molar-refractivity contribution in [1.82, 2.24) is 25.1 Å². The van der Waals surface area contributed by atoms with Crippen molar-refractivity contribution < 1.29 is 19.5 Å². The van der Waals surface area contributed by atoms with Crippen LogP contribution in [-0.4, -0.2) is 74.5 Å². The van der Waals surface area contributed by atoms with Crippen LogP contribution < -0.4 is 10.6 Å². The number of benzene rings is 3. The van der Waals surface area contributed by atoms with E-state index < -0.39 is 12.0 Å². The molecule has 0 radical (unpaired) electrons. The molecular weight excluding hydrogens is 625 g/mol. The number of fused-ring (bicyclic) bond motifs is 1. The van der Waals surface area contributed by atoms with Gasteiger partial charge in [-0.05, 0) is 58.4 Å². The Morgan fingerprint density at radius 1 is 1.04 bits per heavy atom. The summed E-state index contributed by atoms with van der Waals surface area (Å²) in [7, 11) is 0. The van der Waals surface area contributed by atoms with Crippen molar-refractivity contribution in [3.63, 3.8) is 0 Å². The molecule has 3 N–H and O–H groups in total. The number of carbonyl (C=O) groups excluding carboxylic acids is 2. The summed E-state index contributed by atoms with van der Waals surface area (Å²) in [5, 5.41) is 26.9. The first-order chi connectivity index (χ1) is 23.2. The predicted octanol–water partition coefficient (Wildman–Crippen LogP) is 4.85. The minimum Gasteiger partial charge on any atom is -0.480 e. The highest BCUT2D eigenvalue weighted by molar-refractivity contribution is 7.98. The third-order valence-electron chi connectivity index (χ3n) is 8.59. The summed E-state index contributed by atoms with van der Waals surface area (Å²) in [4.78, 5) is 45.0. The number of rotatable bonds is 18. The first-order valence-corrected chi connectivity index (χ1v) is 17.6. The van der Waals surface area contributed by atoms with E-state index in [0.717, 1.165) is 34.0 Å². The molecule has 3 atom stereocenters. The molecule has 1 aromatic heterocycles. The number of aromatic nitrogens is 2. The molecule has 4 aromatic rings. The molecule has 3 aromatic carbocycles. The van der Waals surface area contributed by atoms with Gasteiger partial charge in [-0.25, -0.2) is 9.78 Å². The predicted molar refractivity (Wildman–Crippen MR) is 189 cm³/mol. The number of carboxylic acid groups (broad SMARTS) is 1. The SMILES string of the molecule is CCC(C)[C@@H](CN(CC(=O)N[C@@H](CCSC)C(=O)O)Cc1cccc2ccccc12)NC(=O)Cc1cncn1Cc1ccc(C#N)cc1. The number of hydrogen-bond acceptors (Lipinski definition) is 7. The highest BCUT2D eigenvalue weighted by Crippen LogP contribution is 2.21. The average molecular weight is 669 g/mol. The Labute approximate surface area is 286 Å². The van der Waals surface area contributed by atoms with Crippen LogP contribution in [0.5, 0.6) is 0 Å². The van der Waals surface area contributed by atoms with E-state index in [0.29, 0.717) is 37.4 Å².